The number of anilines is 2. The average molecular weight is 412 g/mol. The third kappa shape index (κ3) is 5.43. The van der Waals surface area contributed by atoms with Crippen LogP contribution in [0.2, 0.25) is 0 Å². The van der Waals surface area contributed by atoms with E-state index in [4.69, 9.17) is 15.2 Å². The van der Waals surface area contributed by atoms with Crippen molar-refractivity contribution in [1.29, 1.82) is 0 Å². The lowest BCUT2D eigenvalue weighted by molar-refractivity contribution is 0.0495. The molecule has 0 saturated carbocycles. The van der Waals surface area contributed by atoms with Gasteiger partial charge in [-0.05, 0) is 45.4 Å². The number of fused-ring (bicyclic) bond motifs is 1. The largest absolute Gasteiger partial charge is 0.462 e. The summed E-state index contributed by atoms with van der Waals surface area (Å²) in [6, 6.07) is 6.48. The van der Waals surface area contributed by atoms with Crippen LogP contribution < -0.4 is 11.1 Å². The van der Waals surface area contributed by atoms with Crippen LogP contribution in [-0.4, -0.2) is 43.8 Å². The van der Waals surface area contributed by atoms with Crippen LogP contribution in [0.15, 0.2) is 36.9 Å². The molecule has 0 spiro atoms. The lowest BCUT2D eigenvalue weighted by Crippen LogP contribution is -2.27. The number of amides is 1. The molecule has 1 amide bonds. The quantitative estimate of drug-likeness (QED) is 0.466. The van der Waals surface area contributed by atoms with Crippen molar-refractivity contribution in [2.45, 2.75) is 39.3 Å². The summed E-state index contributed by atoms with van der Waals surface area (Å²) in [7, 11) is 0. The number of hydrogen-bond acceptors (Lipinski definition) is 8. The number of nitrogens with two attached hydrogens (primary N) is 1. The molecule has 0 radical (unpaired) electrons. The number of ether oxygens (including phenoxy) is 2. The summed E-state index contributed by atoms with van der Waals surface area (Å²) in [5.41, 5.74) is 7.11. The number of nitrogens with one attached hydrogen (secondary N) is 1. The van der Waals surface area contributed by atoms with Gasteiger partial charge in [-0.1, -0.05) is 6.07 Å². The van der Waals surface area contributed by atoms with E-state index in [0.29, 0.717) is 41.2 Å². The third-order valence-electron chi connectivity index (χ3n) is 3.95. The van der Waals surface area contributed by atoms with Gasteiger partial charge < -0.3 is 19.8 Å². The van der Waals surface area contributed by atoms with Crippen LogP contribution in [0.4, 0.5) is 16.3 Å². The fourth-order valence-corrected chi connectivity index (χ4v) is 2.69. The van der Waals surface area contributed by atoms with Crippen LogP contribution >= 0.6 is 0 Å². The molecule has 10 nitrogen and oxygen atoms in total. The molecular formula is C20H24N6O4. The van der Waals surface area contributed by atoms with Gasteiger partial charge in [0.2, 0.25) is 0 Å². The summed E-state index contributed by atoms with van der Waals surface area (Å²) in [4.78, 5) is 36.5. The smallest absolute Gasteiger partial charge is 0.412 e. The van der Waals surface area contributed by atoms with E-state index in [-0.39, 0.29) is 6.61 Å². The normalized spacial score (nSPS) is 11.3. The number of aromatic nitrogens is 4. The predicted molar refractivity (Wildman–Crippen MR) is 111 cm³/mol. The van der Waals surface area contributed by atoms with E-state index in [9.17, 15) is 9.59 Å². The van der Waals surface area contributed by atoms with E-state index in [1.54, 1.807) is 45.3 Å². The molecule has 0 bridgehead atoms. The van der Waals surface area contributed by atoms with Crippen LogP contribution in [-0.2, 0) is 16.0 Å². The second kappa shape index (κ2) is 8.76. The zero-order valence-electron chi connectivity index (χ0n) is 17.1. The zero-order chi connectivity index (χ0) is 21.7. The summed E-state index contributed by atoms with van der Waals surface area (Å²) < 4.78 is 12.4. The number of carbonyl (C=O) groups is 2. The minimum absolute atomic E-state index is 0.211. The highest BCUT2D eigenvalue weighted by Crippen LogP contribution is 2.16. The van der Waals surface area contributed by atoms with Gasteiger partial charge in [-0.25, -0.2) is 24.5 Å². The minimum atomic E-state index is -0.612. The predicted octanol–water partition coefficient (Wildman–Crippen LogP) is 3.00. The van der Waals surface area contributed by atoms with Crippen molar-refractivity contribution in [3.8, 4) is 0 Å². The number of hydrogen-bond donors (Lipinski definition) is 2. The van der Waals surface area contributed by atoms with E-state index in [1.807, 2.05) is 4.57 Å². The molecule has 158 valence electrons. The molecule has 0 atom stereocenters. The molecule has 0 fully saturated rings. The summed E-state index contributed by atoms with van der Waals surface area (Å²) in [5.74, 6) is -0.157. The highest BCUT2D eigenvalue weighted by atomic mass is 16.6. The Morgan fingerprint density at radius 2 is 2.00 bits per heavy atom. The lowest BCUT2D eigenvalue weighted by atomic mass is 10.2. The number of aryl methyl sites for hydroxylation is 1. The molecule has 3 aromatic rings. The molecule has 2 heterocycles. The maximum absolute atomic E-state index is 12.3. The molecule has 1 aromatic carbocycles. The van der Waals surface area contributed by atoms with Crippen LogP contribution in [0.1, 0.15) is 37.6 Å². The molecule has 2 aromatic heterocycles. The van der Waals surface area contributed by atoms with E-state index in [2.05, 4.69) is 20.3 Å². The van der Waals surface area contributed by atoms with Crippen molar-refractivity contribution >= 4 is 34.7 Å². The SMILES string of the molecule is CC(C)(C)OC(=O)Nc1cccc(C(=O)OCCCn2cnc3c(N)ncnc32)c1. The maximum Gasteiger partial charge on any atom is 0.412 e. The number of rotatable bonds is 6. The second-order valence-electron chi connectivity index (χ2n) is 7.57. The highest BCUT2D eigenvalue weighted by Gasteiger charge is 2.17. The first-order valence-electron chi connectivity index (χ1n) is 9.41. The summed E-state index contributed by atoms with van der Waals surface area (Å²) >= 11 is 0. The Balaban J connectivity index is 1.51. The molecule has 10 heteroatoms. The molecule has 0 aliphatic rings. The van der Waals surface area contributed by atoms with Crippen molar-refractivity contribution in [2.75, 3.05) is 17.7 Å². The van der Waals surface area contributed by atoms with Gasteiger partial charge >= 0.3 is 12.1 Å². The number of nitrogens with zero attached hydrogens (tertiary/aromatic N) is 4. The Bertz CT molecular complexity index is 1060. The van der Waals surface area contributed by atoms with Gasteiger partial charge in [0.05, 0.1) is 18.5 Å². The lowest BCUT2D eigenvalue weighted by Gasteiger charge is -2.19. The van der Waals surface area contributed by atoms with Crippen LogP contribution in [0.5, 0.6) is 0 Å². The van der Waals surface area contributed by atoms with Crippen molar-refractivity contribution in [3.05, 3.63) is 42.5 Å². The topological polar surface area (TPSA) is 134 Å². The minimum Gasteiger partial charge on any atom is -0.462 e. The van der Waals surface area contributed by atoms with Gasteiger partial charge in [-0.15, -0.1) is 0 Å². The maximum atomic E-state index is 12.3. The van der Waals surface area contributed by atoms with Crippen LogP contribution in [0.25, 0.3) is 11.2 Å². The molecule has 0 aliphatic heterocycles. The van der Waals surface area contributed by atoms with Gasteiger partial charge in [0.25, 0.3) is 0 Å². The first kappa shape index (κ1) is 21.0. The number of imidazole rings is 1. The van der Waals surface area contributed by atoms with Gasteiger partial charge in [0.15, 0.2) is 11.5 Å². The Morgan fingerprint density at radius 3 is 2.77 bits per heavy atom. The second-order valence-corrected chi connectivity index (χ2v) is 7.57. The van der Waals surface area contributed by atoms with E-state index in [1.165, 1.54) is 12.4 Å². The molecule has 30 heavy (non-hydrogen) atoms. The zero-order valence-corrected chi connectivity index (χ0v) is 17.1. The number of esters is 1. The Kier molecular flexibility index (Phi) is 6.14. The Hall–Kier alpha value is -3.69. The van der Waals surface area contributed by atoms with E-state index >= 15 is 0 Å². The number of benzene rings is 1. The van der Waals surface area contributed by atoms with Crippen molar-refractivity contribution in [3.63, 3.8) is 0 Å². The molecule has 0 unspecified atom stereocenters. The fourth-order valence-electron chi connectivity index (χ4n) is 2.69. The molecular weight excluding hydrogens is 388 g/mol. The first-order valence-corrected chi connectivity index (χ1v) is 9.41. The Morgan fingerprint density at radius 1 is 1.20 bits per heavy atom. The van der Waals surface area contributed by atoms with Crippen molar-refractivity contribution in [1.82, 2.24) is 19.5 Å². The standard InChI is InChI=1S/C20H24N6O4/c1-20(2,3)30-19(28)25-14-7-4-6-13(10-14)18(27)29-9-5-8-26-12-24-15-16(21)22-11-23-17(15)26/h4,6-7,10-12H,5,8-9H2,1-3H3,(H,25,28)(H2,21,22,23). The van der Waals surface area contributed by atoms with E-state index < -0.39 is 17.7 Å². The molecule has 3 N–H and O–H groups in total. The molecule has 3 rings (SSSR count). The van der Waals surface area contributed by atoms with Crippen LogP contribution in [0, 0.1) is 0 Å². The molecule has 0 aliphatic carbocycles. The average Bonchev–Trinajstić information content (AvgIpc) is 3.08. The van der Waals surface area contributed by atoms with Crippen LogP contribution in [0.3, 0.4) is 0 Å². The van der Waals surface area contributed by atoms with Gasteiger partial charge in [-0.2, -0.15) is 0 Å². The van der Waals surface area contributed by atoms with Gasteiger partial charge in [0, 0.05) is 12.2 Å². The summed E-state index contributed by atoms with van der Waals surface area (Å²) in [5, 5.41) is 2.60. The van der Waals surface area contributed by atoms with Crippen molar-refractivity contribution in [2.24, 2.45) is 0 Å². The van der Waals surface area contributed by atoms with Gasteiger partial charge in [0.1, 0.15) is 17.4 Å². The third-order valence-corrected chi connectivity index (χ3v) is 3.95. The monoisotopic (exact) mass is 412 g/mol. The van der Waals surface area contributed by atoms with Gasteiger partial charge in [-0.3, -0.25) is 5.32 Å². The molecule has 0 saturated heterocycles. The highest BCUT2D eigenvalue weighted by molar-refractivity contribution is 5.92. The van der Waals surface area contributed by atoms with Crippen molar-refractivity contribution < 1.29 is 19.1 Å². The number of nitrogen functional groups attached to an aromatic ring is 1. The number of carbonyl (C=O) groups excluding carboxylic acids is 2. The summed E-state index contributed by atoms with van der Waals surface area (Å²) in [6.45, 7) is 6.09. The first-order chi connectivity index (χ1) is 14.2. The Labute approximate surface area is 173 Å². The fraction of sp³-hybridized carbons (Fsp3) is 0.350. The van der Waals surface area contributed by atoms with E-state index in [0.717, 1.165) is 0 Å². The summed E-state index contributed by atoms with van der Waals surface area (Å²) in [6.07, 6.45) is 2.99.